The highest BCUT2D eigenvalue weighted by atomic mass is 32.2. The molecule has 0 aliphatic carbocycles. The van der Waals surface area contributed by atoms with Gasteiger partial charge in [0.05, 0.1) is 5.75 Å². The van der Waals surface area contributed by atoms with Gasteiger partial charge in [-0.2, -0.15) is 0 Å². The largest absolute Gasteiger partial charge is 0.411 e. The van der Waals surface area contributed by atoms with Crippen molar-refractivity contribution in [1.82, 2.24) is 20.4 Å². The molecule has 0 spiro atoms. The molecule has 1 atom stereocenters. The first kappa shape index (κ1) is 17.5. The van der Waals surface area contributed by atoms with Gasteiger partial charge in [-0.15, -0.1) is 10.2 Å². The van der Waals surface area contributed by atoms with Gasteiger partial charge in [-0.3, -0.25) is 9.59 Å². The summed E-state index contributed by atoms with van der Waals surface area (Å²) in [6, 6.07) is 9.54. The molecular formula is C17H20N4O3S. The van der Waals surface area contributed by atoms with E-state index in [1.54, 1.807) is 4.90 Å². The van der Waals surface area contributed by atoms with E-state index in [0.29, 0.717) is 24.2 Å². The zero-order valence-corrected chi connectivity index (χ0v) is 14.8. The summed E-state index contributed by atoms with van der Waals surface area (Å²) in [6.07, 6.45) is 1.79. The Hall–Kier alpha value is -2.35. The fourth-order valence-electron chi connectivity index (χ4n) is 2.79. The molecule has 1 aliphatic heterocycles. The van der Waals surface area contributed by atoms with Gasteiger partial charge in [-0.05, 0) is 25.0 Å². The minimum absolute atomic E-state index is 0.0134. The van der Waals surface area contributed by atoms with Gasteiger partial charge in [0, 0.05) is 31.6 Å². The van der Waals surface area contributed by atoms with E-state index >= 15 is 0 Å². The monoisotopic (exact) mass is 360 g/mol. The van der Waals surface area contributed by atoms with Crippen LogP contribution in [0.1, 0.15) is 19.8 Å². The zero-order valence-electron chi connectivity index (χ0n) is 14.0. The smallest absolute Gasteiger partial charge is 0.277 e. The Bertz CT molecular complexity index is 735. The van der Waals surface area contributed by atoms with Gasteiger partial charge in [-0.25, -0.2) is 0 Å². The number of thioether (sulfide) groups is 1. The highest BCUT2D eigenvalue weighted by molar-refractivity contribution is 7.99. The van der Waals surface area contributed by atoms with E-state index in [2.05, 4.69) is 15.5 Å². The molecule has 1 aromatic carbocycles. The standard InChI is InChI=1S/C17H20N4O3S/c1-12(22)18-14-8-5-9-21(10-14)15(23)11-25-17-20-19-16(24-17)13-6-3-2-4-7-13/h2-4,6-7,14H,5,8-11H2,1H3,(H,18,22). The van der Waals surface area contributed by atoms with Gasteiger partial charge in [-0.1, -0.05) is 30.0 Å². The van der Waals surface area contributed by atoms with Gasteiger partial charge in [0.1, 0.15) is 0 Å². The van der Waals surface area contributed by atoms with Crippen molar-refractivity contribution in [3.05, 3.63) is 30.3 Å². The van der Waals surface area contributed by atoms with Gasteiger partial charge < -0.3 is 14.6 Å². The van der Waals surface area contributed by atoms with E-state index in [4.69, 9.17) is 4.42 Å². The summed E-state index contributed by atoms with van der Waals surface area (Å²) < 4.78 is 5.59. The Kier molecular flexibility index (Phi) is 5.70. The van der Waals surface area contributed by atoms with Crippen LogP contribution in [0.2, 0.25) is 0 Å². The number of benzene rings is 1. The number of carbonyl (C=O) groups excluding carboxylic acids is 2. The van der Waals surface area contributed by atoms with E-state index in [9.17, 15) is 9.59 Å². The number of piperidine rings is 1. The van der Waals surface area contributed by atoms with Crippen molar-refractivity contribution >= 4 is 23.6 Å². The highest BCUT2D eigenvalue weighted by Crippen LogP contribution is 2.23. The van der Waals surface area contributed by atoms with Crippen LogP contribution in [-0.4, -0.2) is 51.8 Å². The van der Waals surface area contributed by atoms with Crippen molar-refractivity contribution in [2.24, 2.45) is 0 Å². The minimum atomic E-state index is -0.0621. The Morgan fingerprint density at radius 3 is 2.88 bits per heavy atom. The maximum Gasteiger partial charge on any atom is 0.277 e. The summed E-state index contributed by atoms with van der Waals surface area (Å²) in [7, 11) is 0. The number of rotatable bonds is 5. The summed E-state index contributed by atoms with van der Waals surface area (Å²) in [5.41, 5.74) is 0.849. The summed E-state index contributed by atoms with van der Waals surface area (Å²) in [5.74, 6) is 0.634. The van der Waals surface area contributed by atoms with Crippen molar-refractivity contribution in [2.75, 3.05) is 18.8 Å². The van der Waals surface area contributed by atoms with Crippen LogP contribution in [-0.2, 0) is 9.59 Å². The third-order valence-corrected chi connectivity index (χ3v) is 4.73. The lowest BCUT2D eigenvalue weighted by Crippen LogP contribution is -2.49. The molecule has 132 valence electrons. The number of aromatic nitrogens is 2. The number of amides is 2. The molecular weight excluding hydrogens is 340 g/mol. The third-order valence-electron chi connectivity index (χ3n) is 3.93. The van der Waals surface area contributed by atoms with Gasteiger partial charge >= 0.3 is 0 Å². The molecule has 0 radical (unpaired) electrons. The molecule has 0 bridgehead atoms. The topological polar surface area (TPSA) is 88.3 Å². The van der Waals surface area contributed by atoms with E-state index < -0.39 is 0 Å². The zero-order chi connectivity index (χ0) is 17.6. The van der Waals surface area contributed by atoms with Crippen molar-refractivity contribution in [3.8, 4) is 11.5 Å². The second-order valence-corrected chi connectivity index (χ2v) is 6.83. The van der Waals surface area contributed by atoms with Crippen molar-refractivity contribution in [1.29, 1.82) is 0 Å². The number of nitrogens with zero attached hydrogens (tertiary/aromatic N) is 3. The SMILES string of the molecule is CC(=O)NC1CCCN(C(=O)CSc2nnc(-c3ccccc3)o2)C1. The Labute approximate surface area is 150 Å². The third kappa shape index (κ3) is 4.82. The number of likely N-dealkylation sites (tertiary alicyclic amines) is 1. The van der Waals surface area contributed by atoms with Crippen LogP contribution in [0.15, 0.2) is 40.0 Å². The summed E-state index contributed by atoms with van der Waals surface area (Å²) >= 11 is 1.23. The van der Waals surface area contributed by atoms with Gasteiger partial charge in [0.2, 0.25) is 17.7 Å². The molecule has 25 heavy (non-hydrogen) atoms. The van der Waals surface area contributed by atoms with Crippen molar-refractivity contribution in [3.63, 3.8) is 0 Å². The maximum atomic E-state index is 12.4. The van der Waals surface area contributed by atoms with Crippen molar-refractivity contribution in [2.45, 2.75) is 31.0 Å². The molecule has 1 saturated heterocycles. The van der Waals surface area contributed by atoms with Crippen LogP contribution >= 0.6 is 11.8 Å². The predicted octanol–water partition coefficient (Wildman–Crippen LogP) is 1.96. The highest BCUT2D eigenvalue weighted by Gasteiger charge is 2.24. The summed E-state index contributed by atoms with van der Waals surface area (Å²) in [4.78, 5) is 25.3. The van der Waals surface area contributed by atoms with Crippen LogP contribution in [0.3, 0.4) is 0 Å². The van der Waals surface area contributed by atoms with Crippen LogP contribution in [0.25, 0.3) is 11.5 Å². The molecule has 0 saturated carbocycles. The number of hydrogen-bond acceptors (Lipinski definition) is 6. The molecule has 2 aromatic rings. The molecule has 1 aliphatic rings. The van der Waals surface area contributed by atoms with Crippen LogP contribution < -0.4 is 5.32 Å². The fourth-order valence-corrected chi connectivity index (χ4v) is 3.46. The fraction of sp³-hybridized carbons (Fsp3) is 0.412. The lowest BCUT2D eigenvalue weighted by atomic mass is 10.1. The number of hydrogen-bond donors (Lipinski definition) is 1. The molecule has 1 aromatic heterocycles. The van der Waals surface area contributed by atoms with Crippen LogP contribution in [0.5, 0.6) is 0 Å². The first-order valence-corrected chi connectivity index (χ1v) is 9.17. The predicted molar refractivity (Wildman–Crippen MR) is 93.9 cm³/mol. The summed E-state index contributed by atoms with van der Waals surface area (Å²) in [6.45, 7) is 2.77. The number of carbonyl (C=O) groups is 2. The second-order valence-electron chi connectivity index (χ2n) is 5.91. The molecule has 2 heterocycles. The minimum Gasteiger partial charge on any atom is -0.411 e. The molecule has 8 heteroatoms. The first-order valence-electron chi connectivity index (χ1n) is 8.18. The first-order chi connectivity index (χ1) is 12.1. The molecule has 1 N–H and O–H groups in total. The molecule has 7 nitrogen and oxygen atoms in total. The molecule has 1 fully saturated rings. The lowest BCUT2D eigenvalue weighted by molar-refractivity contribution is -0.130. The van der Waals surface area contributed by atoms with E-state index in [0.717, 1.165) is 18.4 Å². The number of nitrogens with one attached hydrogen (secondary N) is 1. The van der Waals surface area contributed by atoms with Gasteiger partial charge in [0.15, 0.2) is 0 Å². The van der Waals surface area contributed by atoms with Gasteiger partial charge in [0.25, 0.3) is 5.22 Å². The molecule has 1 unspecified atom stereocenters. The Morgan fingerprint density at radius 2 is 2.12 bits per heavy atom. The normalized spacial score (nSPS) is 17.3. The summed E-state index contributed by atoms with van der Waals surface area (Å²) in [5, 5.41) is 11.3. The lowest BCUT2D eigenvalue weighted by Gasteiger charge is -2.32. The van der Waals surface area contributed by atoms with Crippen LogP contribution in [0.4, 0.5) is 0 Å². The van der Waals surface area contributed by atoms with E-state index in [1.165, 1.54) is 18.7 Å². The average Bonchev–Trinajstić information content (AvgIpc) is 3.09. The second kappa shape index (κ2) is 8.15. The Morgan fingerprint density at radius 1 is 1.32 bits per heavy atom. The van der Waals surface area contributed by atoms with Crippen LogP contribution in [0, 0.1) is 0 Å². The Balaban J connectivity index is 1.52. The van der Waals surface area contributed by atoms with E-state index in [-0.39, 0.29) is 23.6 Å². The quantitative estimate of drug-likeness (QED) is 0.820. The molecule has 2 amide bonds. The maximum absolute atomic E-state index is 12.4. The average molecular weight is 360 g/mol. The van der Waals surface area contributed by atoms with Crippen molar-refractivity contribution < 1.29 is 14.0 Å². The van der Waals surface area contributed by atoms with E-state index in [1.807, 2.05) is 30.3 Å². The molecule has 3 rings (SSSR count).